The summed E-state index contributed by atoms with van der Waals surface area (Å²) in [6.45, 7) is 5.43. The van der Waals surface area contributed by atoms with Crippen molar-refractivity contribution in [3.63, 3.8) is 0 Å². The van der Waals surface area contributed by atoms with Gasteiger partial charge in [0.25, 0.3) is 0 Å². The van der Waals surface area contributed by atoms with E-state index in [-0.39, 0.29) is 17.7 Å². The maximum Gasteiger partial charge on any atom is 0.432 e. The van der Waals surface area contributed by atoms with Crippen LogP contribution in [0.25, 0.3) is 27.5 Å². The fraction of sp³-hybridized carbons (Fsp3) is 0.261. The second-order valence-electron chi connectivity index (χ2n) is 8.29. The van der Waals surface area contributed by atoms with E-state index in [1.54, 1.807) is 17.0 Å². The molecule has 3 heterocycles. The molecular weight excluding hydrogens is 399 g/mol. The Bertz CT molecular complexity index is 1330. The molecule has 5 rings (SSSR count). The van der Waals surface area contributed by atoms with E-state index >= 15 is 0 Å². The zero-order chi connectivity index (χ0) is 21.9. The monoisotopic (exact) mass is 420 g/mol. The normalized spacial score (nSPS) is 14.5. The maximum absolute atomic E-state index is 13.6. The van der Waals surface area contributed by atoms with Gasteiger partial charge >= 0.3 is 6.09 Å². The van der Waals surface area contributed by atoms with Crippen LogP contribution in [0.4, 0.5) is 9.18 Å². The van der Waals surface area contributed by atoms with Crippen LogP contribution < -0.4 is 0 Å². The largest absolute Gasteiger partial charge is 0.463 e. The number of rotatable bonds is 4. The van der Waals surface area contributed by atoms with Crippen LogP contribution in [0.15, 0.2) is 42.6 Å². The Morgan fingerprint density at radius 1 is 1.19 bits per heavy atom. The molecule has 1 saturated heterocycles. The number of fused-ring (bicyclic) bond motifs is 2. The smallest absolute Gasteiger partial charge is 0.432 e. The molecule has 0 saturated carbocycles. The summed E-state index contributed by atoms with van der Waals surface area (Å²) >= 11 is 0. The van der Waals surface area contributed by atoms with E-state index in [1.165, 1.54) is 18.3 Å². The van der Waals surface area contributed by atoms with E-state index in [0.717, 1.165) is 38.9 Å². The molecule has 1 N–H and O–H groups in total. The van der Waals surface area contributed by atoms with Crippen LogP contribution in [0, 0.1) is 5.82 Å². The molecule has 0 atom stereocenters. The van der Waals surface area contributed by atoms with Gasteiger partial charge in [-0.2, -0.15) is 9.78 Å². The highest BCUT2D eigenvalue weighted by Gasteiger charge is 2.34. The van der Waals surface area contributed by atoms with Crippen molar-refractivity contribution in [1.29, 1.82) is 0 Å². The van der Waals surface area contributed by atoms with E-state index in [2.05, 4.69) is 23.5 Å². The van der Waals surface area contributed by atoms with Crippen molar-refractivity contribution in [1.82, 2.24) is 19.2 Å². The first-order chi connectivity index (χ1) is 14.9. The number of benzene rings is 2. The number of likely N-dealkylation sites (tertiary alicyclic amines) is 1. The Balaban J connectivity index is 1.86. The van der Waals surface area contributed by atoms with Gasteiger partial charge in [0.1, 0.15) is 5.82 Å². The highest BCUT2D eigenvalue weighted by molar-refractivity contribution is 6.01. The van der Waals surface area contributed by atoms with Crippen molar-refractivity contribution < 1.29 is 19.1 Å². The lowest BCUT2D eigenvalue weighted by Gasteiger charge is -2.37. The molecule has 158 valence electrons. The van der Waals surface area contributed by atoms with Crippen LogP contribution in [0.5, 0.6) is 0 Å². The molecule has 0 spiro atoms. The van der Waals surface area contributed by atoms with Crippen LogP contribution >= 0.6 is 0 Å². The van der Waals surface area contributed by atoms with Crippen molar-refractivity contribution >= 4 is 34.3 Å². The number of halogens is 1. The summed E-state index contributed by atoms with van der Waals surface area (Å²) in [5, 5.41) is 15.2. The van der Waals surface area contributed by atoms with Gasteiger partial charge in [-0.15, -0.1) is 0 Å². The lowest BCUT2D eigenvalue weighted by Crippen LogP contribution is -2.44. The molecule has 1 aliphatic heterocycles. The van der Waals surface area contributed by atoms with Gasteiger partial charge in [-0.25, -0.2) is 9.18 Å². The molecule has 1 aliphatic rings. The van der Waals surface area contributed by atoms with Gasteiger partial charge in [-0.3, -0.25) is 4.79 Å². The van der Waals surface area contributed by atoms with Gasteiger partial charge in [-0.1, -0.05) is 13.8 Å². The number of hydrogen-bond acceptors (Lipinski definition) is 3. The Kier molecular flexibility index (Phi) is 4.32. The summed E-state index contributed by atoms with van der Waals surface area (Å²) in [7, 11) is 0. The predicted molar refractivity (Wildman–Crippen MR) is 114 cm³/mol. The summed E-state index contributed by atoms with van der Waals surface area (Å²) in [5.41, 5.74) is 4.44. The minimum atomic E-state index is -1.14. The number of aromatic nitrogens is 3. The average Bonchev–Trinajstić information content (AvgIpc) is 3.25. The molecule has 2 aromatic carbocycles. The van der Waals surface area contributed by atoms with Crippen molar-refractivity contribution in [2.24, 2.45) is 0 Å². The fourth-order valence-corrected chi connectivity index (χ4v) is 4.65. The van der Waals surface area contributed by atoms with Crippen LogP contribution in [0.1, 0.15) is 36.9 Å². The molecule has 7 nitrogen and oxygen atoms in total. The number of carbonyl (C=O) groups is 2. The lowest BCUT2D eigenvalue weighted by atomic mass is 9.87. The third-order valence-electron chi connectivity index (χ3n) is 6.01. The average molecular weight is 420 g/mol. The Morgan fingerprint density at radius 3 is 2.52 bits per heavy atom. The number of hydrogen-bond donors (Lipinski definition) is 1. The molecule has 0 unspecified atom stereocenters. The van der Waals surface area contributed by atoms with E-state index in [1.807, 2.05) is 12.1 Å². The molecule has 4 aromatic rings. The van der Waals surface area contributed by atoms with Crippen LogP contribution in [-0.4, -0.2) is 49.9 Å². The topological polar surface area (TPSA) is 80.4 Å². The number of nitrogens with zero attached hydrogens (tertiary/aromatic N) is 4. The molecule has 0 bridgehead atoms. The maximum atomic E-state index is 13.6. The molecule has 1 amide bonds. The van der Waals surface area contributed by atoms with Gasteiger partial charge in [-0.05, 0) is 47.9 Å². The summed E-state index contributed by atoms with van der Waals surface area (Å²) in [4.78, 5) is 24.5. The first kappa shape index (κ1) is 19.3. The van der Waals surface area contributed by atoms with E-state index in [4.69, 9.17) is 0 Å². The lowest BCUT2D eigenvalue weighted by molar-refractivity contribution is -0.122. The van der Waals surface area contributed by atoms with Crippen molar-refractivity contribution in [3.8, 4) is 5.69 Å². The number of carbonyl (C=O) groups excluding carboxylic acids is 1. The Hall–Kier alpha value is -3.68. The Labute approximate surface area is 177 Å². The number of carboxylic acid groups (broad SMARTS) is 1. The van der Waals surface area contributed by atoms with Gasteiger partial charge in [0.05, 0.1) is 17.2 Å². The van der Waals surface area contributed by atoms with Crippen LogP contribution in [-0.2, 0) is 4.79 Å². The summed E-state index contributed by atoms with van der Waals surface area (Å²) in [6.07, 6.45) is 1.24. The highest BCUT2D eigenvalue weighted by atomic mass is 19.1. The Morgan fingerprint density at radius 2 is 1.90 bits per heavy atom. The fourth-order valence-electron chi connectivity index (χ4n) is 4.65. The van der Waals surface area contributed by atoms with E-state index < -0.39 is 6.09 Å². The van der Waals surface area contributed by atoms with Gasteiger partial charge < -0.3 is 14.6 Å². The van der Waals surface area contributed by atoms with Crippen LogP contribution in [0.3, 0.4) is 0 Å². The quantitative estimate of drug-likeness (QED) is 0.499. The summed E-state index contributed by atoms with van der Waals surface area (Å²) in [5.74, 6) is -0.0143. The summed E-state index contributed by atoms with van der Waals surface area (Å²) < 4.78 is 16.7. The molecule has 1 fully saturated rings. The highest BCUT2D eigenvalue weighted by Crippen LogP contribution is 2.42. The van der Waals surface area contributed by atoms with E-state index in [9.17, 15) is 19.1 Å². The molecule has 0 radical (unpaired) electrons. The zero-order valence-electron chi connectivity index (χ0n) is 17.1. The SMILES string of the molecule is CC(C)c1c(C2CN(C=O)C2)c2cc3c(cnn3C(=O)O)cc2n1-c1ccc(F)cc1. The third-order valence-corrected chi connectivity index (χ3v) is 6.01. The molecule has 2 aromatic heterocycles. The van der Waals surface area contributed by atoms with E-state index in [0.29, 0.717) is 24.0 Å². The standard InChI is InChI=1S/C23H21FN4O3/c1-13(2)22-21(15-10-26(11-15)12-29)18-8-19-14(9-25-28(19)23(30)31)7-20(18)27(22)17-5-3-16(24)4-6-17/h3-9,12-13,15H,10-11H2,1-2H3,(H,30,31). The second kappa shape index (κ2) is 6.94. The van der Waals surface area contributed by atoms with Crippen molar-refractivity contribution in [3.05, 3.63) is 59.7 Å². The predicted octanol–water partition coefficient (Wildman–Crippen LogP) is 4.32. The first-order valence-corrected chi connectivity index (χ1v) is 10.1. The second-order valence-corrected chi connectivity index (χ2v) is 8.29. The molecule has 31 heavy (non-hydrogen) atoms. The first-order valence-electron chi connectivity index (χ1n) is 10.1. The third kappa shape index (κ3) is 2.90. The van der Waals surface area contributed by atoms with Crippen molar-refractivity contribution in [2.75, 3.05) is 13.1 Å². The zero-order valence-corrected chi connectivity index (χ0v) is 17.1. The molecular formula is C23H21FN4O3. The van der Waals surface area contributed by atoms with Gasteiger partial charge in [0.15, 0.2) is 0 Å². The molecule has 0 aliphatic carbocycles. The van der Waals surface area contributed by atoms with Crippen molar-refractivity contribution in [2.45, 2.75) is 25.7 Å². The summed E-state index contributed by atoms with van der Waals surface area (Å²) in [6, 6.07) is 10.2. The molecule has 8 heteroatoms. The van der Waals surface area contributed by atoms with Gasteiger partial charge in [0.2, 0.25) is 6.41 Å². The minimum absolute atomic E-state index is 0.144. The number of amides is 1. The van der Waals surface area contributed by atoms with Crippen LogP contribution in [0.2, 0.25) is 0 Å². The minimum Gasteiger partial charge on any atom is -0.463 e. The van der Waals surface area contributed by atoms with Gasteiger partial charge in [0, 0.05) is 41.2 Å².